The lowest BCUT2D eigenvalue weighted by molar-refractivity contribution is 0.0880. The molecule has 0 saturated carbocycles. The smallest absolute Gasteiger partial charge is 0.128 e. The van der Waals surface area contributed by atoms with Crippen LogP contribution in [0, 0.1) is 0 Å². The van der Waals surface area contributed by atoms with Crippen molar-refractivity contribution in [3.63, 3.8) is 0 Å². The van der Waals surface area contributed by atoms with Crippen LogP contribution in [0.3, 0.4) is 0 Å². The molecule has 6 heteroatoms. The number of hydrogen-bond acceptors (Lipinski definition) is 5. The van der Waals surface area contributed by atoms with E-state index >= 15 is 0 Å². The van der Waals surface area contributed by atoms with Gasteiger partial charge in [0.1, 0.15) is 5.82 Å². The van der Waals surface area contributed by atoms with E-state index in [-0.39, 0.29) is 0 Å². The van der Waals surface area contributed by atoms with E-state index in [1.165, 1.54) is 5.56 Å². The van der Waals surface area contributed by atoms with Gasteiger partial charge in [-0.1, -0.05) is 6.92 Å². The van der Waals surface area contributed by atoms with Crippen LogP contribution in [0.4, 0.5) is 0 Å². The third-order valence-electron chi connectivity index (χ3n) is 3.82. The summed E-state index contributed by atoms with van der Waals surface area (Å²) >= 11 is 0. The van der Waals surface area contributed by atoms with E-state index in [4.69, 9.17) is 0 Å². The largest absolute Gasteiger partial charge is 0.390 e. The zero-order valence-corrected chi connectivity index (χ0v) is 12.3. The fourth-order valence-corrected chi connectivity index (χ4v) is 2.70. The van der Waals surface area contributed by atoms with Gasteiger partial charge in [-0.3, -0.25) is 9.58 Å². The average molecular weight is 287 g/mol. The lowest BCUT2D eigenvalue weighted by Crippen LogP contribution is -2.38. The molecule has 0 aromatic carbocycles. The number of aromatic nitrogens is 4. The van der Waals surface area contributed by atoms with Crippen molar-refractivity contribution in [3.8, 4) is 0 Å². The fourth-order valence-electron chi connectivity index (χ4n) is 2.70. The Morgan fingerprint density at radius 3 is 3.05 bits per heavy atom. The minimum atomic E-state index is -0.418. The SMILES string of the molecule is CCc1ncc2c(n1)CN(C[C@H](O)Cn1cccn1)CC2. The third-order valence-corrected chi connectivity index (χ3v) is 3.82. The van der Waals surface area contributed by atoms with Crippen LogP contribution in [0.5, 0.6) is 0 Å². The molecule has 0 bridgehead atoms. The van der Waals surface area contributed by atoms with Crippen molar-refractivity contribution in [2.45, 2.75) is 39.0 Å². The van der Waals surface area contributed by atoms with Crippen LogP contribution in [0.25, 0.3) is 0 Å². The van der Waals surface area contributed by atoms with Gasteiger partial charge in [-0.15, -0.1) is 0 Å². The molecule has 2 aromatic heterocycles. The Balaban J connectivity index is 1.60. The van der Waals surface area contributed by atoms with E-state index in [9.17, 15) is 5.11 Å². The molecule has 3 rings (SSSR count). The maximum Gasteiger partial charge on any atom is 0.128 e. The molecule has 1 aliphatic rings. The molecule has 21 heavy (non-hydrogen) atoms. The molecule has 1 N–H and O–H groups in total. The van der Waals surface area contributed by atoms with Gasteiger partial charge in [0.15, 0.2) is 0 Å². The van der Waals surface area contributed by atoms with Gasteiger partial charge in [0.05, 0.1) is 18.3 Å². The molecular weight excluding hydrogens is 266 g/mol. The number of rotatable bonds is 5. The minimum absolute atomic E-state index is 0.418. The van der Waals surface area contributed by atoms with Gasteiger partial charge in [0.2, 0.25) is 0 Å². The minimum Gasteiger partial charge on any atom is -0.390 e. The Bertz CT molecular complexity index is 584. The van der Waals surface area contributed by atoms with Gasteiger partial charge in [0, 0.05) is 44.6 Å². The summed E-state index contributed by atoms with van der Waals surface area (Å²) < 4.78 is 1.76. The number of β-amino-alcohol motifs (C(OH)–C–C–N with tert-alkyl or cyclic N) is 1. The molecule has 0 aliphatic carbocycles. The number of aliphatic hydroxyl groups is 1. The topological polar surface area (TPSA) is 67.1 Å². The van der Waals surface area contributed by atoms with Gasteiger partial charge < -0.3 is 5.11 Å². The summed E-state index contributed by atoms with van der Waals surface area (Å²) in [7, 11) is 0. The van der Waals surface area contributed by atoms with E-state index in [0.29, 0.717) is 13.1 Å². The van der Waals surface area contributed by atoms with Gasteiger partial charge >= 0.3 is 0 Å². The summed E-state index contributed by atoms with van der Waals surface area (Å²) in [6, 6.07) is 1.87. The Labute approximate surface area is 124 Å². The van der Waals surface area contributed by atoms with Crippen LogP contribution in [-0.4, -0.2) is 48.9 Å². The molecule has 0 unspecified atom stereocenters. The molecule has 6 nitrogen and oxygen atoms in total. The van der Waals surface area contributed by atoms with Crippen LogP contribution in [0.2, 0.25) is 0 Å². The van der Waals surface area contributed by atoms with Crippen molar-refractivity contribution in [3.05, 3.63) is 41.7 Å². The van der Waals surface area contributed by atoms with Crippen molar-refractivity contribution in [1.29, 1.82) is 0 Å². The van der Waals surface area contributed by atoms with Crippen LogP contribution in [0.1, 0.15) is 24.0 Å². The molecule has 112 valence electrons. The highest BCUT2D eigenvalue weighted by Crippen LogP contribution is 2.16. The summed E-state index contributed by atoms with van der Waals surface area (Å²) in [5, 5.41) is 14.3. The zero-order chi connectivity index (χ0) is 14.7. The van der Waals surface area contributed by atoms with Crippen molar-refractivity contribution in [2.75, 3.05) is 13.1 Å². The average Bonchev–Trinajstić information content (AvgIpc) is 2.99. The second kappa shape index (κ2) is 6.32. The Kier molecular flexibility index (Phi) is 4.26. The van der Waals surface area contributed by atoms with Crippen LogP contribution in [0.15, 0.2) is 24.7 Å². The van der Waals surface area contributed by atoms with E-state index in [1.54, 1.807) is 10.9 Å². The van der Waals surface area contributed by atoms with Gasteiger partial charge in [-0.2, -0.15) is 5.10 Å². The second-order valence-corrected chi connectivity index (χ2v) is 5.48. The van der Waals surface area contributed by atoms with Gasteiger partial charge in [-0.05, 0) is 18.1 Å². The molecule has 0 fully saturated rings. The molecular formula is C15H21N5O. The molecule has 0 amide bonds. The number of nitrogens with zero attached hydrogens (tertiary/aromatic N) is 5. The van der Waals surface area contributed by atoms with E-state index < -0.39 is 6.10 Å². The monoisotopic (exact) mass is 287 g/mol. The lowest BCUT2D eigenvalue weighted by atomic mass is 10.1. The molecule has 2 aromatic rings. The normalized spacial score (nSPS) is 16.7. The van der Waals surface area contributed by atoms with Crippen molar-refractivity contribution < 1.29 is 5.11 Å². The Morgan fingerprint density at radius 1 is 1.38 bits per heavy atom. The summed E-state index contributed by atoms with van der Waals surface area (Å²) in [6.45, 7) is 4.97. The van der Waals surface area contributed by atoms with E-state index in [1.807, 2.05) is 18.5 Å². The molecule has 0 radical (unpaired) electrons. The first-order valence-corrected chi connectivity index (χ1v) is 7.46. The molecule has 0 saturated heterocycles. The highest BCUT2D eigenvalue weighted by molar-refractivity contribution is 5.20. The zero-order valence-electron chi connectivity index (χ0n) is 12.3. The standard InChI is InChI=1S/C15H21N5O/c1-2-15-16-8-12-4-7-19(11-14(12)18-15)9-13(21)10-20-6-3-5-17-20/h3,5-6,8,13,21H,2,4,7,9-11H2,1H3/t13-/m0/s1. The highest BCUT2D eigenvalue weighted by atomic mass is 16.3. The maximum absolute atomic E-state index is 10.2. The lowest BCUT2D eigenvalue weighted by Gasteiger charge is -2.29. The maximum atomic E-state index is 10.2. The summed E-state index contributed by atoms with van der Waals surface area (Å²) in [4.78, 5) is 11.2. The van der Waals surface area contributed by atoms with Gasteiger partial charge in [-0.25, -0.2) is 9.97 Å². The van der Waals surface area contributed by atoms with Crippen molar-refractivity contribution >= 4 is 0 Å². The Hall–Kier alpha value is -1.79. The molecule has 3 heterocycles. The van der Waals surface area contributed by atoms with Crippen molar-refractivity contribution in [2.24, 2.45) is 0 Å². The van der Waals surface area contributed by atoms with Crippen LogP contribution in [-0.2, 0) is 25.9 Å². The number of hydrogen-bond donors (Lipinski definition) is 1. The predicted molar refractivity (Wildman–Crippen MR) is 78.6 cm³/mol. The molecule has 1 atom stereocenters. The number of aliphatic hydroxyl groups excluding tert-OH is 1. The highest BCUT2D eigenvalue weighted by Gasteiger charge is 2.20. The van der Waals surface area contributed by atoms with Gasteiger partial charge in [0.25, 0.3) is 0 Å². The predicted octanol–water partition coefficient (Wildman–Crippen LogP) is 0.655. The summed E-state index contributed by atoms with van der Waals surface area (Å²) in [6.07, 6.45) is 6.95. The molecule has 0 spiro atoms. The number of fused-ring (bicyclic) bond motifs is 1. The summed E-state index contributed by atoms with van der Waals surface area (Å²) in [5.74, 6) is 0.896. The second-order valence-electron chi connectivity index (χ2n) is 5.48. The first-order valence-electron chi connectivity index (χ1n) is 7.46. The quantitative estimate of drug-likeness (QED) is 0.875. The first kappa shape index (κ1) is 14.2. The summed E-state index contributed by atoms with van der Waals surface area (Å²) in [5.41, 5.74) is 2.35. The third kappa shape index (κ3) is 3.46. The fraction of sp³-hybridized carbons (Fsp3) is 0.533. The first-order chi connectivity index (χ1) is 10.2. The van der Waals surface area contributed by atoms with Crippen molar-refractivity contribution in [1.82, 2.24) is 24.6 Å². The van der Waals surface area contributed by atoms with E-state index in [2.05, 4.69) is 26.9 Å². The van der Waals surface area contributed by atoms with Crippen LogP contribution < -0.4 is 0 Å². The van der Waals surface area contributed by atoms with E-state index in [0.717, 1.165) is 37.4 Å². The van der Waals surface area contributed by atoms with Crippen LogP contribution >= 0.6 is 0 Å². The molecule has 1 aliphatic heterocycles. The Morgan fingerprint density at radius 2 is 2.29 bits per heavy atom. The number of aryl methyl sites for hydroxylation is 1.